The molecule has 18 heavy (non-hydrogen) atoms. The van der Waals surface area contributed by atoms with Crippen molar-refractivity contribution in [2.45, 2.75) is 51.5 Å². The second kappa shape index (κ2) is 4.58. The first-order valence-electron chi connectivity index (χ1n) is 7.27. The first kappa shape index (κ1) is 12.0. The molecule has 2 aliphatic rings. The van der Waals surface area contributed by atoms with Crippen molar-refractivity contribution >= 4 is 0 Å². The van der Waals surface area contributed by atoms with Crippen LogP contribution >= 0.6 is 0 Å². The average Bonchev–Trinajstić information content (AvgIpc) is 3.06. The smallest absolute Gasteiger partial charge is 0.127 e. The third kappa shape index (κ3) is 1.74. The van der Waals surface area contributed by atoms with Crippen molar-refractivity contribution in [1.82, 2.24) is 0 Å². The maximum absolute atomic E-state index is 6.64. The van der Waals surface area contributed by atoms with Gasteiger partial charge in [-0.2, -0.15) is 0 Å². The number of hydrogen-bond donors (Lipinski definition) is 1. The third-order valence-corrected chi connectivity index (χ3v) is 5.04. The van der Waals surface area contributed by atoms with Crippen molar-refractivity contribution in [2.75, 3.05) is 6.61 Å². The highest BCUT2D eigenvalue weighted by molar-refractivity contribution is 5.46. The standard InChI is InChI=1S/C16H23NO/c1-2-16(9-3-4-10-16)15(17)13-7-5-6-12-8-11-18-14(12)13/h5-7,15H,2-4,8-11,17H2,1H3. The van der Waals surface area contributed by atoms with Crippen molar-refractivity contribution in [1.29, 1.82) is 0 Å². The van der Waals surface area contributed by atoms with E-state index in [2.05, 4.69) is 25.1 Å². The second-order valence-corrected chi connectivity index (χ2v) is 5.83. The number of hydrogen-bond acceptors (Lipinski definition) is 2. The van der Waals surface area contributed by atoms with Gasteiger partial charge >= 0.3 is 0 Å². The minimum atomic E-state index is 0.137. The fourth-order valence-corrected chi connectivity index (χ4v) is 3.78. The van der Waals surface area contributed by atoms with Gasteiger partial charge in [-0.3, -0.25) is 0 Å². The molecule has 1 fully saturated rings. The fourth-order valence-electron chi connectivity index (χ4n) is 3.78. The Balaban J connectivity index is 1.97. The summed E-state index contributed by atoms with van der Waals surface area (Å²) in [6.45, 7) is 3.10. The van der Waals surface area contributed by atoms with Gasteiger partial charge in [0, 0.05) is 18.0 Å². The molecular weight excluding hydrogens is 222 g/mol. The van der Waals surface area contributed by atoms with Crippen LogP contribution in [-0.4, -0.2) is 6.61 Å². The van der Waals surface area contributed by atoms with E-state index in [0.29, 0.717) is 5.41 Å². The Morgan fingerprint density at radius 3 is 2.83 bits per heavy atom. The third-order valence-electron chi connectivity index (χ3n) is 5.04. The molecule has 1 aromatic rings. The number of rotatable bonds is 3. The van der Waals surface area contributed by atoms with Gasteiger partial charge in [0.1, 0.15) is 5.75 Å². The number of benzene rings is 1. The molecule has 1 unspecified atom stereocenters. The molecule has 1 atom stereocenters. The largest absolute Gasteiger partial charge is 0.493 e. The Morgan fingerprint density at radius 1 is 1.33 bits per heavy atom. The van der Waals surface area contributed by atoms with Crippen LogP contribution in [0.2, 0.25) is 0 Å². The first-order valence-corrected chi connectivity index (χ1v) is 7.27. The van der Waals surface area contributed by atoms with Crippen molar-refractivity contribution < 1.29 is 4.74 Å². The van der Waals surface area contributed by atoms with Gasteiger partial charge < -0.3 is 10.5 Å². The summed E-state index contributed by atoms with van der Waals surface area (Å²) in [4.78, 5) is 0. The molecule has 3 rings (SSSR count). The molecule has 0 saturated heterocycles. The van der Waals surface area contributed by atoms with E-state index in [1.165, 1.54) is 43.2 Å². The van der Waals surface area contributed by atoms with Crippen molar-refractivity contribution in [2.24, 2.45) is 11.1 Å². The summed E-state index contributed by atoms with van der Waals surface area (Å²) in [5.74, 6) is 1.09. The predicted molar refractivity (Wildman–Crippen MR) is 73.8 cm³/mol. The number of ether oxygens (including phenoxy) is 1. The zero-order valence-electron chi connectivity index (χ0n) is 11.2. The van der Waals surface area contributed by atoms with Gasteiger partial charge in [-0.15, -0.1) is 0 Å². The Labute approximate surface area is 110 Å². The van der Waals surface area contributed by atoms with E-state index in [9.17, 15) is 0 Å². The maximum atomic E-state index is 6.64. The molecule has 0 spiro atoms. The van der Waals surface area contributed by atoms with Gasteiger partial charge in [-0.1, -0.05) is 38.0 Å². The molecule has 2 N–H and O–H groups in total. The van der Waals surface area contributed by atoms with Crippen molar-refractivity contribution in [3.63, 3.8) is 0 Å². The summed E-state index contributed by atoms with van der Waals surface area (Å²) in [5, 5.41) is 0. The number of nitrogens with two attached hydrogens (primary N) is 1. The van der Waals surface area contributed by atoms with Crippen LogP contribution in [-0.2, 0) is 6.42 Å². The van der Waals surface area contributed by atoms with E-state index in [1.54, 1.807) is 0 Å². The lowest BCUT2D eigenvalue weighted by Crippen LogP contribution is -2.32. The van der Waals surface area contributed by atoms with Gasteiger partial charge in [-0.25, -0.2) is 0 Å². The Kier molecular flexibility index (Phi) is 3.06. The van der Waals surface area contributed by atoms with E-state index >= 15 is 0 Å². The molecule has 1 aromatic carbocycles. The van der Waals surface area contributed by atoms with E-state index < -0.39 is 0 Å². The quantitative estimate of drug-likeness (QED) is 0.883. The molecule has 0 amide bonds. The molecular formula is C16H23NO. The molecule has 1 aliphatic carbocycles. The first-order chi connectivity index (χ1) is 8.77. The predicted octanol–water partition coefficient (Wildman–Crippen LogP) is 3.59. The highest BCUT2D eigenvalue weighted by Gasteiger charge is 2.40. The van der Waals surface area contributed by atoms with Crippen LogP contribution in [0, 0.1) is 5.41 Å². The molecule has 2 nitrogen and oxygen atoms in total. The average molecular weight is 245 g/mol. The van der Waals surface area contributed by atoms with E-state index in [-0.39, 0.29) is 6.04 Å². The van der Waals surface area contributed by atoms with E-state index in [0.717, 1.165) is 18.8 Å². The van der Waals surface area contributed by atoms with Gasteiger partial charge in [0.25, 0.3) is 0 Å². The molecule has 0 bridgehead atoms. The molecule has 1 saturated carbocycles. The fraction of sp³-hybridized carbons (Fsp3) is 0.625. The van der Waals surface area contributed by atoms with Crippen LogP contribution in [0.1, 0.15) is 56.2 Å². The lowest BCUT2D eigenvalue weighted by molar-refractivity contribution is 0.217. The van der Waals surface area contributed by atoms with Gasteiger partial charge in [0.05, 0.1) is 6.61 Å². The van der Waals surface area contributed by atoms with Crippen LogP contribution in [0.4, 0.5) is 0 Å². The van der Waals surface area contributed by atoms with Gasteiger partial charge in [-0.05, 0) is 30.2 Å². The highest BCUT2D eigenvalue weighted by atomic mass is 16.5. The summed E-state index contributed by atoms with van der Waals surface area (Å²) in [5.41, 5.74) is 9.53. The lowest BCUT2D eigenvalue weighted by atomic mass is 9.73. The molecule has 0 radical (unpaired) electrons. The minimum Gasteiger partial charge on any atom is -0.493 e. The zero-order chi connectivity index (χ0) is 12.6. The number of fused-ring (bicyclic) bond motifs is 1. The van der Waals surface area contributed by atoms with E-state index in [4.69, 9.17) is 10.5 Å². The topological polar surface area (TPSA) is 35.2 Å². The minimum absolute atomic E-state index is 0.137. The number of para-hydroxylation sites is 1. The summed E-state index contributed by atoms with van der Waals surface area (Å²) in [7, 11) is 0. The molecule has 1 heterocycles. The molecule has 2 heteroatoms. The van der Waals surface area contributed by atoms with Crippen LogP contribution in [0.15, 0.2) is 18.2 Å². The van der Waals surface area contributed by atoms with Crippen LogP contribution in [0.5, 0.6) is 5.75 Å². The SMILES string of the molecule is CCC1(C(N)c2cccc3c2OCC3)CCCC1. The van der Waals surface area contributed by atoms with Gasteiger partial charge in [0.15, 0.2) is 0 Å². The second-order valence-electron chi connectivity index (χ2n) is 5.83. The van der Waals surface area contributed by atoms with E-state index in [1.807, 2.05) is 0 Å². The monoisotopic (exact) mass is 245 g/mol. The van der Waals surface area contributed by atoms with Gasteiger partial charge in [0.2, 0.25) is 0 Å². The Bertz CT molecular complexity index is 435. The molecule has 98 valence electrons. The Morgan fingerprint density at radius 2 is 2.11 bits per heavy atom. The summed E-state index contributed by atoms with van der Waals surface area (Å²) in [6.07, 6.45) is 7.42. The van der Waals surface area contributed by atoms with Crippen LogP contribution in [0.3, 0.4) is 0 Å². The summed E-state index contributed by atoms with van der Waals surface area (Å²) in [6, 6.07) is 6.62. The van der Waals surface area contributed by atoms with Crippen molar-refractivity contribution in [3.05, 3.63) is 29.3 Å². The lowest BCUT2D eigenvalue weighted by Gasteiger charge is -2.35. The van der Waals surface area contributed by atoms with Crippen molar-refractivity contribution in [3.8, 4) is 5.75 Å². The summed E-state index contributed by atoms with van der Waals surface area (Å²) < 4.78 is 5.82. The highest BCUT2D eigenvalue weighted by Crippen LogP contribution is 2.51. The van der Waals surface area contributed by atoms with Crippen LogP contribution < -0.4 is 10.5 Å². The summed E-state index contributed by atoms with van der Waals surface area (Å²) >= 11 is 0. The molecule has 0 aromatic heterocycles. The molecule has 1 aliphatic heterocycles. The zero-order valence-corrected chi connectivity index (χ0v) is 11.2. The normalized spacial score (nSPS) is 22.6. The van der Waals surface area contributed by atoms with Crippen LogP contribution in [0.25, 0.3) is 0 Å². The Hall–Kier alpha value is -1.02. The maximum Gasteiger partial charge on any atom is 0.127 e.